The smallest absolute Gasteiger partial charge is 0.338 e. The van der Waals surface area contributed by atoms with Crippen molar-refractivity contribution in [2.75, 3.05) is 31.6 Å². The van der Waals surface area contributed by atoms with Gasteiger partial charge in [-0.25, -0.2) is 4.79 Å². The number of esters is 1. The summed E-state index contributed by atoms with van der Waals surface area (Å²) >= 11 is 0. The molecule has 0 saturated heterocycles. The summed E-state index contributed by atoms with van der Waals surface area (Å²) in [6, 6.07) is 6.80. The topological polar surface area (TPSA) is 58.6 Å². The van der Waals surface area contributed by atoms with Crippen LogP contribution in [0.2, 0.25) is 0 Å². The van der Waals surface area contributed by atoms with Gasteiger partial charge in [0.15, 0.2) is 0 Å². The Morgan fingerprint density at radius 1 is 1.22 bits per heavy atom. The summed E-state index contributed by atoms with van der Waals surface area (Å²) < 4.78 is 4.94. The first kappa shape index (κ1) is 17.5. The molecule has 0 atom stereocenters. The van der Waals surface area contributed by atoms with Crippen LogP contribution in [0.1, 0.15) is 43.5 Å². The molecule has 1 aromatic rings. The number of rotatable bonds is 9. The van der Waals surface area contributed by atoms with Gasteiger partial charge in [0.25, 0.3) is 0 Å². The van der Waals surface area contributed by atoms with Crippen molar-refractivity contribution in [3.63, 3.8) is 0 Å². The van der Waals surface area contributed by atoms with Crippen molar-refractivity contribution in [2.24, 2.45) is 5.92 Å². The van der Waals surface area contributed by atoms with Gasteiger partial charge in [-0.2, -0.15) is 0 Å². The number of benzene rings is 1. The summed E-state index contributed by atoms with van der Waals surface area (Å²) in [6.45, 7) is 6.65. The van der Waals surface area contributed by atoms with Gasteiger partial charge in [0, 0.05) is 12.2 Å². The van der Waals surface area contributed by atoms with Crippen LogP contribution in [0.15, 0.2) is 24.3 Å². The molecule has 5 nitrogen and oxygen atoms in total. The Hall–Kier alpha value is -1.88. The number of ether oxygens (including phenoxy) is 1. The first-order chi connectivity index (χ1) is 11.1. The van der Waals surface area contributed by atoms with Gasteiger partial charge in [-0.05, 0) is 62.9 Å². The van der Waals surface area contributed by atoms with Gasteiger partial charge in [-0.3, -0.25) is 9.69 Å². The van der Waals surface area contributed by atoms with Gasteiger partial charge < -0.3 is 10.1 Å². The van der Waals surface area contributed by atoms with Crippen molar-refractivity contribution in [1.82, 2.24) is 4.90 Å². The van der Waals surface area contributed by atoms with E-state index in [0.29, 0.717) is 24.4 Å². The van der Waals surface area contributed by atoms with Gasteiger partial charge in [-0.15, -0.1) is 0 Å². The second-order valence-corrected chi connectivity index (χ2v) is 6.02. The van der Waals surface area contributed by atoms with E-state index in [4.69, 9.17) is 4.74 Å². The lowest BCUT2D eigenvalue weighted by molar-refractivity contribution is -0.117. The molecule has 126 valence electrons. The molecule has 23 heavy (non-hydrogen) atoms. The Morgan fingerprint density at radius 2 is 1.91 bits per heavy atom. The number of nitrogens with zero attached hydrogens (tertiary/aromatic N) is 1. The third-order valence-corrected chi connectivity index (χ3v) is 3.80. The number of amides is 1. The summed E-state index contributed by atoms with van der Waals surface area (Å²) in [5.41, 5.74) is 1.19. The zero-order valence-corrected chi connectivity index (χ0v) is 14.0. The van der Waals surface area contributed by atoms with Crippen LogP contribution < -0.4 is 5.32 Å². The van der Waals surface area contributed by atoms with Gasteiger partial charge in [0.05, 0.1) is 18.7 Å². The number of carbonyl (C=O) groups is 2. The fraction of sp³-hybridized carbons (Fsp3) is 0.556. The Bertz CT molecular complexity index is 524. The number of anilines is 1. The second-order valence-electron chi connectivity index (χ2n) is 6.02. The molecule has 0 radical (unpaired) electrons. The minimum atomic E-state index is -0.344. The van der Waals surface area contributed by atoms with Crippen molar-refractivity contribution in [3.8, 4) is 0 Å². The Morgan fingerprint density at radius 3 is 2.48 bits per heavy atom. The average Bonchev–Trinajstić information content (AvgIpc) is 3.32. The highest BCUT2D eigenvalue weighted by Crippen LogP contribution is 2.29. The maximum Gasteiger partial charge on any atom is 0.338 e. The second kappa shape index (κ2) is 8.67. The van der Waals surface area contributed by atoms with Crippen molar-refractivity contribution in [2.45, 2.75) is 33.1 Å². The number of hydrogen-bond acceptors (Lipinski definition) is 4. The van der Waals surface area contributed by atoms with Crippen molar-refractivity contribution < 1.29 is 14.3 Å². The van der Waals surface area contributed by atoms with Crippen molar-refractivity contribution >= 4 is 17.6 Å². The number of nitrogens with one attached hydrogen (secondary N) is 1. The fourth-order valence-corrected chi connectivity index (χ4v) is 2.52. The van der Waals surface area contributed by atoms with E-state index in [9.17, 15) is 9.59 Å². The van der Waals surface area contributed by atoms with Gasteiger partial charge in [-0.1, -0.05) is 6.92 Å². The number of hydrogen-bond donors (Lipinski definition) is 1. The largest absolute Gasteiger partial charge is 0.462 e. The first-order valence-electron chi connectivity index (χ1n) is 8.41. The van der Waals surface area contributed by atoms with E-state index in [1.807, 2.05) is 0 Å². The Kier molecular flexibility index (Phi) is 6.59. The van der Waals surface area contributed by atoms with E-state index in [1.165, 1.54) is 12.8 Å². The van der Waals surface area contributed by atoms with Gasteiger partial charge in [0.1, 0.15) is 0 Å². The van der Waals surface area contributed by atoms with Crippen LogP contribution in [0.5, 0.6) is 0 Å². The molecule has 1 aromatic carbocycles. The normalized spacial score (nSPS) is 13.9. The van der Waals surface area contributed by atoms with Gasteiger partial charge in [0.2, 0.25) is 5.91 Å². The predicted molar refractivity (Wildman–Crippen MR) is 90.5 cm³/mol. The summed E-state index contributed by atoms with van der Waals surface area (Å²) in [5.74, 6) is 0.421. The van der Waals surface area contributed by atoms with Gasteiger partial charge >= 0.3 is 5.97 Å². The van der Waals surface area contributed by atoms with E-state index < -0.39 is 0 Å². The van der Waals surface area contributed by atoms with E-state index in [0.717, 1.165) is 25.4 Å². The zero-order chi connectivity index (χ0) is 16.7. The lowest BCUT2D eigenvalue weighted by Gasteiger charge is -2.20. The highest BCUT2D eigenvalue weighted by Gasteiger charge is 2.24. The fourth-order valence-electron chi connectivity index (χ4n) is 2.52. The molecule has 0 aliphatic heterocycles. The molecule has 1 aliphatic rings. The summed E-state index contributed by atoms with van der Waals surface area (Å²) in [5, 5.41) is 2.89. The Labute approximate surface area is 138 Å². The molecule has 1 fully saturated rings. The minimum absolute atomic E-state index is 0.0111. The molecule has 0 bridgehead atoms. The molecule has 1 saturated carbocycles. The van der Waals surface area contributed by atoms with Crippen LogP contribution in [-0.2, 0) is 9.53 Å². The van der Waals surface area contributed by atoms with E-state index in [1.54, 1.807) is 31.2 Å². The lowest BCUT2D eigenvalue weighted by Crippen LogP contribution is -2.35. The highest BCUT2D eigenvalue weighted by atomic mass is 16.5. The Balaban J connectivity index is 1.84. The summed E-state index contributed by atoms with van der Waals surface area (Å²) in [6.07, 6.45) is 3.63. The molecule has 5 heteroatoms. The maximum atomic E-state index is 12.2. The zero-order valence-electron chi connectivity index (χ0n) is 14.0. The summed E-state index contributed by atoms with van der Waals surface area (Å²) in [7, 11) is 0. The van der Waals surface area contributed by atoms with E-state index >= 15 is 0 Å². The molecule has 1 N–H and O–H groups in total. The quantitative estimate of drug-likeness (QED) is 0.711. The first-order valence-corrected chi connectivity index (χ1v) is 8.41. The minimum Gasteiger partial charge on any atom is -0.462 e. The molecule has 2 rings (SSSR count). The van der Waals surface area contributed by atoms with Crippen molar-refractivity contribution in [3.05, 3.63) is 29.8 Å². The highest BCUT2D eigenvalue weighted by molar-refractivity contribution is 5.94. The van der Waals surface area contributed by atoms with Crippen molar-refractivity contribution in [1.29, 1.82) is 0 Å². The monoisotopic (exact) mass is 318 g/mol. The third kappa shape index (κ3) is 6.02. The third-order valence-electron chi connectivity index (χ3n) is 3.80. The predicted octanol–water partition coefficient (Wildman–Crippen LogP) is 2.92. The van der Waals surface area contributed by atoms with Crippen LogP contribution in [-0.4, -0.2) is 43.0 Å². The summed E-state index contributed by atoms with van der Waals surface area (Å²) in [4.78, 5) is 26.0. The standard InChI is InChI=1S/C18H26N2O3/c1-3-11-20(12-14-5-6-14)13-17(21)19-16-9-7-15(8-10-16)18(22)23-4-2/h7-10,14H,3-6,11-13H2,1-2H3,(H,19,21). The lowest BCUT2D eigenvalue weighted by atomic mass is 10.2. The molecule has 0 unspecified atom stereocenters. The van der Waals surface area contributed by atoms with Crippen LogP contribution in [0, 0.1) is 5.92 Å². The molecule has 0 heterocycles. The molecule has 0 spiro atoms. The molecular formula is C18H26N2O3. The number of carbonyl (C=O) groups excluding carboxylic acids is 2. The van der Waals surface area contributed by atoms with Crippen LogP contribution in [0.3, 0.4) is 0 Å². The molecule has 0 aromatic heterocycles. The van der Waals surface area contributed by atoms with Crippen LogP contribution >= 0.6 is 0 Å². The average molecular weight is 318 g/mol. The molecule has 1 amide bonds. The molecular weight excluding hydrogens is 292 g/mol. The maximum absolute atomic E-state index is 12.2. The van der Waals surface area contributed by atoms with Crippen LogP contribution in [0.25, 0.3) is 0 Å². The van der Waals surface area contributed by atoms with E-state index in [-0.39, 0.29) is 11.9 Å². The van der Waals surface area contributed by atoms with Crippen LogP contribution in [0.4, 0.5) is 5.69 Å². The molecule has 1 aliphatic carbocycles. The SMILES string of the molecule is CCCN(CC(=O)Nc1ccc(C(=O)OCC)cc1)CC1CC1. The van der Waals surface area contributed by atoms with E-state index in [2.05, 4.69) is 17.1 Å².